The Morgan fingerprint density at radius 2 is 1.73 bits per heavy atom. The van der Waals surface area contributed by atoms with Gasteiger partial charge >= 0.3 is 6.03 Å². The Hall–Kier alpha value is -3.93. The van der Waals surface area contributed by atoms with Crippen LogP contribution >= 0.6 is 0 Å². The van der Waals surface area contributed by atoms with Gasteiger partial charge in [-0.05, 0) is 56.2 Å². The van der Waals surface area contributed by atoms with Crippen LogP contribution < -0.4 is 10.2 Å². The van der Waals surface area contributed by atoms with Crippen LogP contribution in [-0.4, -0.2) is 35.7 Å². The molecule has 3 amide bonds. The number of Topliss-reactive ketones (excluding diaryl/α,β-unsaturated/α-hetero) is 1. The first kappa shape index (κ1) is 22.3. The average Bonchev–Trinajstić information content (AvgIpc) is 2.81. The number of benzene rings is 3. The van der Waals surface area contributed by atoms with Crippen molar-refractivity contribution >= 4 is 29.1 Å². The number of amides is 3. The van der Waals surface area contributed by atoms with E-state index in [9.17, 15) is 14.4 Å². The highest BCUT2D eigenvalue weighted by atomic mass is 16.2. The normalized spacial score (nSPS) is 13.7. The monoisotopic (exact) mass is 441 g/mol. The largest absolute Gasteiger partial charge is 0.324 e. The molecule has 1 fully saturated rings. The second-order valence-electron chi connectivity index (χ2n) is 8.30. The molecular formula is C27H27N3O3. The molecular weight excluding hydrogens is 414 g/mol. The Labute approximate surface area is 193 Å². The summed E-state index contributed by atoms with van der Waals surface area (Å²) in [6.45, 7) is 5.36. The Bertz CT molecular complexity index is 1200. The van der Waals surface area contributed by atoms with Gasteiger partial charge in [0.05, 0.1) is 5.69 Å². The first-order valence-corrected chi connectivity index (χ1v) is 11.1. The summed E-state index contributed by atoms with van der Waals surface area (Å²) >= 11 is 0. The number of anilines is 2. The van der Waals surface area contributed by atoms with Crippen LogP contribution in [0.2, 0.25) is 0 Å². The van der Waals surface area contributed by atoms with Crippen molar-refractivity contribution in [2.45, 2.75) is 26.8 Å². The van der Waals surface area contributed by atoms with Gasteiger partial charge in [0.25, 0.3) is 5.91 Å². The molecule has 0 unspecified atom stereocenters. The smallest absolute Gasteiger partial charge is 0.321 e. The number of aryl methyl sites for hydroxylation is 1. The maximum Gasteiger partial charge on any atom is 0.324 e. The fraction of sp³-hybridized carbons (Fsp3) is 0.222. The highest BCUT2D eigenvalue weighted by Gasteiger charge is 2.27. The molecule has 3 aromatic rings. The lowest BCUT2D eigenvalue weighted by Crippen LogP contribution is -2.49. The molecule has 6 nitrogen and oxygen atoms in total. The molecule has 33 heavy (non-hydrogen) atoms. The second-order valence-corrected chi connectivity index (χ2v) is 8.30. The SMILES string of the molecule is CC(=O)c1ccccc1NC(=O)c1cccc(N2CCCN(Cc3cccc(C)c3)C2=O)c1. The van der Waals surface area contributed by atoms with Gasteiger partial charge in [-0.3, -0.25) is 14.5 Å². The summed E-state index contributed by atoms with van der Waals surface area (Å²) in [4.78, 5) is 41.6. The van der Waals surface area contributed by atoms with Gasteiger partial charge in [0.2, 0.25) is 0 Å². The minimum Gasteiger partial charge on any atom is -0.321 e. The molecule has 0 bridgehead atoms. The number of carbonyl (C=O) groups excluding carboxylic acids is 3. The average molecular weight is 442 g/mol. The highest BCUT2D eigenvalue weighted by Crippen LogP contribution is 2.24. The molecule has 4 rings (SSSR count). The van der Waals surface area contributed by atoms with Crippen molar-refractivity contribution in [3.05, 3.63) is 95.1 Å². The van der Waals surface area contributed by atoms with E-state index in [1.165, 1.54) is 12.5 Å². The molecule has 168 valence electrons. The summed E-state index contributed by atoms with van der Waals surface area (Å²) in [5, 5.41) is 2.82. The predicted octanol–water partition coefficient (Wildman–Crippen LogP) is 5.28. The lowest BCUT2D eigenvalue weighted by molar-refractivity contribution is 0.101. The molecule has 0 radical (unpaired) electrons. The molecule has 1 saturated heterocycles. The molecule has 6 heteroatoms. The van der Waals surface area contributed by atoms with Crippen LogP contribution in [0.5, 0.6) is 0 Å². The number of para-hydroxylation sites is 1. The fourth-order valence-corrected chi connectivity index (χ4v) is 4.11. The third kappa shape index (κ3) is 5.12. The first-order valence-electron chi connectivity index (χ1n) is 11.1. The zero-order valence-corrected chi connectivity index (χ0v) is 18.9. The summed E-state index contributed by atoms with van der Waals surface area (Å²) in [6, 6.07) is 22.1. The van der Waals surface area contributed by atoms with E-state index < -0.39 is 0 Å². The van der Waals surface area contributed by atoms with Crippen LogP contribution in [0.3, 0.4) is 0 Å². The number of urea groups is 1. The van der Waals surface area contributed by atoms with E-state index >= 15 is 0 Å². The van der Waals surface area contributed by atoms with Gasteiger partial charge in [0.1, 0.15) is 0 Å². The molecule has 1 heterocycles. The molecule has 0 aliphatic carbocycles. The Kier molecular flexibility index (Phi) is 6.54. The third-order valence-electron chi connectivity index (χ3n) is 5.74. The van der Waals surface area contributed by atoms with E-state index in [0.717, 1.165) is 12.0 Å². The Balaban J connectivity index is 1.51. The van der Waals surface area contributed by atoms with Crippen molar-refractivity contribution < 1.29 is 14.4 Å². The number of hydrogen-bond acceptors (Lipinski definition) is 3. The van der Waals surface area contributed by atoms with Gasteiger partial charge in [-0.1, -0.05) is 48.0 Å². The molecule has 0 aromatic heterocycles. The zero-order valence-electron chi connectivity index (χ0n) is 18.9. The molecule has 0 spiro atoms. The van der Waals surface area contributed by atoms with Crippen molar-refractivity contribution in [1.29, 1.82) is 0 Å². The third-order valence-corrected chi connectivity index (χ3v) is 5.74. The van der Waals surface area contributed by atoms with Gasteiger partial charge in [-0.2, -0.15) is 0 Å². The number of carbonyl (C=O) groups is 3. The van der Waals surface area contributed by atoms with Crippen LogP contribution in [0, 0.1) is 6.92 Å². The van der Waals surface area contributed by atoms with Crippen LogP contribution in [0.4, 0.5) is 16.2 Å². The first-order chi connectivity index (χ1) is 15.9. The lowest BCUT2D eigenvalue weighted by Gasteiger charge is -2.36. The molecule has 1 aliphatic heterocycles. The number of nitrogens with zero attached hydrogens (tertiary/aromatic N) is 2. The molecule has 1 aliphatic rings. The zero-order chi connectivity index (χ0) is 23.4. The fourth-order valence-electron chi connectivity index (χ4n) is 4.11. The lowest BCUT2D eigenvalue weighted by atomic mass is 10.1. The van der Waals surface area contributed by atoms with E-state index in [0.29, 0.717) is 42.1 Å². The number of hydrogen-bond donors (Lipinski definition) is 1. The summed E-state index contributed by atoms with van der Waals surface area (Å²) in [6.07, 6.45) is 0.847. The van der Waals surface area contributed by atoms with E-state index in [-0.39, 0.29) is 17.7 Å². The Morgan fingerprint density at radius 3 is 2.52 bits per heavy atom. The maximum atomic E-state index is 13.2. The van der Waals surface area contributed by atoms with Gasteiger partial charge < -0.3 is 10.2 Å². The van der Waals surface area contributed by atoms with Crippen LogP contribution in [0.15, 0.2) is 72.8 Å². The summed E-state index contributed by atoms with van der Waals surface area (Å²) < 4.78 is 0. The van der Waals surface area contributed by atoms with E-state index in [2.05, 4.69) is 11.4 Å². The van der Waals surface area contributed by atoms with Crippen LogP contribution in [0.1, 0.15) is 45.2 Å². The maximum absolute atomic E-state index is 13.2. The number of rotatable bonds is 6. The van der Waals surface area contributed by atoms with Gasteiger partial charge in [-0.15, -0.1) is 0 Å². The van der Waals surface area contributed by atoms with Crippen molar-refractivity contribution in [3.8, 4) is 0 Å². The Morgan fingerprint density at radius 1 is 0.939 bits per heavy atom. The van der Waals surface area contributed by atoms with Gasteiger partial charge in [-0.25, -0.2) is 4.79 Å². The minimum atomic E-state index is -0.327. The highest BCUT2D eigenvalue weighted by molar-refractivity contribution is 6.09. The van der Waals surface area contributed by atoms with Gasteiger partial charge in [0.15, 0.2) is 5.78 Å². The predicted molar refractivity (Wildman–Crippen MR) is 130 cm³/mol. The molecule has 3 aromatic carbocycles. The molecule has 0 atom stereocenters. The summed E-state index contributed by atoms with van der Waals surface area (Å²) in [7, 11) is 0. The summed E-state index contributed by atoms with van der Waals surface area (Å²) in [5.41, 5.74) is 4.30. The summed E-state index contributed by atoms with van der Waals surface area (Å²) in [5.74, 6) is -0.445. The minimum absolute atomic E-state index is 0.0674. The van der Waals surface area contributed by atoms with E-state index in [1.807, 2.05) is 36.1 Å². The van der Waals surface area contributed by atoms with Gasteiger partial charge in [0, 0.05) is 36.4 Å². The van der Waals surface area contributed by atoms with Crippen molar-refractivity contribution in [1.82, 2.24) is 4.90 Å². The van der Waals surface area contributed by atoms with Crippen molar-refractivity contribution in [3.63, 3.8) is 0 Å². The molecule has 0 saturated carbocycles. The van der Waals surface area contributed by atoms with E-state index in [4.69, 9.17) is 0 Å². The molecule has 1 N–H and O–H groups in total. The van der Waals surface area contributed by atoms with Crippen molar-refractivity contribution in [2.75, 3.05) is 23.3 Å². The second kappa shape index (κ2) is 9.69. The van der Waals surface area contributed by atoms with Crippen molar-refractivity contribution in [2.24, 2.45) is 0 Å². The standard InChI is InChI=1S/C27H27N3O3/c1-19-8-5-9-21(16-19)18-29-14-7-15-30(27(29)33)23-11-6-10-22(17-23)26(32)28-25-13-4-3-12-24(25)20(2)31/h3-6,8-13,16-17H,7,14-15,18H2,1-2H3,(H,28,32). The van der Waals surface area contributed by atoms with E-state index in [1.54, 1.807) is 47.4 Å². The quantitative estimate of drug-likeness (QED) is 0.529. The number of nitrogens with one attached hydrogen (secondary N) is 1. The number of ketones is 1. The topological polar surface area (TPSA) is 69.7 Å². The van der Waals surface area contributed by atoms with Crippen LogP contribution in [-0.2, 0) is 6.54 Å². The van der Waals surface area contributed by atoms with Crippen LogP contribution in [0.25, 0.3) is 0 Å².